The number of nitrogens with zero attached hydrogens (tertiary/aromatic N) is 4. The Kier molecular flexibility index (Phi) is 33.8. The Bertz CT molecular complexity index is 5960. The number of nitrogens with one attached hydrogen (secondary N) is 3. The number of rotatable bonds is 38. The summed E-state index contributed by atoms with van der Waals surface area (Å²) in [6.45, 7) is 28.4. The third-order valence-corrected chi connectivity index (χ3v) is 21.6. The molecule has 1 aliphatic heterocycles. The quantitative estimate of drug-likeness (QED) is 0.0304. The van der Waals surface area contributed by atoms with E-state index in [0.717, 1.165) is 137 Å². The third kappa shape index (κ3) is 25.6. The van der Waals surface area contributed by atoms with Crippen molar-refractivity contribution in [3.05, 3.63) is 351 Å². The molecule has 0 radical (unpaired) electrons. The lowest BCUT2D eigenvalue weighted by Crippen LogP contribution is -2.35. The molecule has 0 unspecified atom stereocenters. The first-order chi connectivity index (χ1) is 63.4. The molecule has 130 heavy (non-hydrogen) atoms. The molecule has 0 saturated carbocycles. The number of aromatic nitrogens is 3. The molecule has 670 valence electrons. The van der Waals surface area contributed by atoms with E-state index in [2.05, 4.69) is 114 Å². The van der Waals surface area contributed by atoms with Gasteiger partial charge in [0.25, 0.3) is 17.7 Å². The molecular formula is C109H115N7O14. The molecule has 0 spiro atoms. The third-order valence-electron chi connectivity index (χ3n) is 21.6. The van der Waals surface area contributed by atoms with Crippen molar-refractivity contribution in [2.45, 2.75) is 135 Å². The van der Waals surface area contributed by atoms with Gasteiger partial charge in [0.1, 0.15) is 80.4 Å². The lowest BCUT2D eigenvalue weighted by atomic mass is 9.94. The lowest BCUT2D eigenvalue weighted by Gasteiger charge is -2.26. The van der Waals surface area contributed by atoms with Crippen molar-refractivity contribution < 1.29 is 65.9 Å². The monoisotopic (exact) mass is 1750 g/mol. The van der Waals surface area contributed by atoms with Crippen LogP contribution >= 0.6 is 0 Å². The zero-order valence-electron chi connectivity index (χ0n) is 75.7. The van der Waals surface area contributed by atoms with Gasteiger partial charge in [-0.05, 0) is 150 Å². The average Bonchev–Trinajstić information content (AvgIpc) is 1.66. The van der Waals surface area contributed by atoms with Gasteiger partial charge in [-0.1, -0.05) is 288 Å². The molecule has 21 heteroatoms. The van der Waals surface area contributed by atoms with Gasteiger partial charge in [-0.15, -0.1) is 0 Å². The summed E-state index contributed by atoms with van der Waals surface area (Å²) in [5.74, 6) is 5.57. The van der Waals surface area contributed by atoms with Gasteiger partial charge in [0.05, 0.1) is 41.0 Å². The molecular weight excluding hydrogens is 1630 g/mol. The maximum atomic E-state index is 13.4. The second kappa shape index (κ2) is 47.1. The molecule has 4 heterocycles. The van der Waals surface area contributed by atoms with Crippen molar-refractivity contribution in [1.82, 2.24) is 36.3 Å². The highest BCUT2D eigenvalue weighted by Gasteiger charge is 2.32. The number of aldehydes is 1. The molecule has 1 aliphatic rings. The Morgan fingerprint density at radius 1 is 0.362 bits per heavy atom. The average molecular weight is 1750 g/mol. The Morgan fingerprint density at radius 3 is 0.954 bits per heavy atom. The first kappa shape index (κ1) is 93.5. The second-order valence-electron chi connectivity index (χ2n) is 33.2. The number of hydrogen-bond donors (Lipinski definition) is 3. The number of morpholine rings is 1. The minimum absolute atomic E-state index is 0.157. The van der Waals surface area contributed by atoms with Crippen LogP contribution in [0.25, 0.3) is 56.2 Å². The van der Waals surface area contributed by atoms with Gasteiger partial charge in [-0.25, -0.2) is 0 Å². The van der Waals surface area contributed by atoms with Crippen LogP contribution in [0.2, 0.25) is 0 Å². The molecule has 0 bridgehead atoms. The summed E-state index contributed by atoms with van der Waals surface area (Å²) in [7, 11) is 0. The van der Waals surface area contributed by atoms with E-state index in [9.17, 15) is 19.2 Å². The number of hydrogen-bond acceptors (Lipinski definition) is 18. The Labute approximate surface area is 761 Å². The summed E-state index contributed by atoms with van der Waals surface area (Å²) < 4.78 is 61.9. The molecule has 1 fully saturated rings. The maximum absolute atomic E-state index is 13.4. The van der Waals surface area contributed by atoms with Crippen LogP contribution in [-0.2, 0) is 70.2 Å². The molecule has 0 atom stereocenters. The Balaban J connectivity index is 0.000000168. The predicted molar refractivity (Wildman–Crippen MR) is 507 cm³/mol. The normalized spacial score (nSPS) is 11.9. The van der Waals surface area contributed by atoms with Gasteiger partial charge in [0, 0.05) is 68.6 Å². The van der Waals surface area contributed by atoms with Gasteiger partial charge >= 0.3 is 0 Å². The first-order valence-electron chi connectivity index (χ1n) is 44.7. The second-order valence-corrected chi connectivity index (χ2v) is 33.2. The van der Waals surface area contributed by atoms with Crippen LogP contribution in [0.4, 0.5) is 0 Å². The fourth-order valence-electron chi connectivity index (χ4n) is 15.2. The van der Waals surface area contributed by atoms with Crippen molar-refractivity contribution in [3.63, 3.8) is 0 Å². The van der Waals surface area contributed by atoms with Crippen molar-refractivity contribution in [2.75, 3.05) is 45.9 Å². The molecule has 3 amide bonds. The van der Waals surface area contributed by atoms with Crippen LogP contribution in [0.15, 0.2) is 280 Å². The van der Waals surface area contributed by atoms with E-state index in [1.165, 1.54) is 5.56 Å². The van der Waals surface area contributed by atoms with Crippen LogP contribution in [0.3, 0.4) is 0 Å². The summed E-state index contributed by atoms with van der Waals surface area (Å²) in [5.41, 5.74) is 17.2. The Morgan fingerprint density at radius 2 is 0.646 bits per heavy atom. The first-order valence-corrected chi connectivity index (χ1v) is 44.7. The summed E-state index contributed by atoms with van der Waals surface area (Å²) >= 11 is 0. The smallest absolute Gasteiger partial charge is 0.274 e. The maximum Gasteiger partial charge on any atom is 0.274 e. The number of carbonyl (C=O) groups is 4. The van der Waals surface area contributed by atoms with E-state index in [1.807, 2.05) is 234 Å². The standard InChI is InChI=1S/C41H45N3O5.C37H36N2O5.C31H34N2O4/c1-4-42-41(45)39-38(33-17-15-30(16-18-33)26-44-19-21-46-22-20-44)40(49-43-39)35-24-34(23-29(2)3)36(47-27-31-11-7-5-8-12-31)25-37(35)48-28-32-13-9-6-10-14-32;1-4-38-37(41)35-34(29-17-15-26(22-40)16-18-29)36(44-39-35)31-20-30(19-25(2)3)32(42-23-27-11-7-5-8-12-27)21-33(31)43-24-28-13-9-6-10-14-28;1-5-32-31(34)29-22(4)30(37-33-29)26-17-25(16-21(2)3)27(35-19-23-12-8-6-9-13-23)18-28(26)36-20-24-14-10-7-11-15-24/h5-18,24-25,29H,4,19-23,26-28H2,1-3H3,(H,42,45);5-18,20-22,25H,4,19,23-24H2,1-3H3,(H,38,41);6-15,17-18,21H,5,16,19-20H2,1-4H3,(H,32,34). The van der Waals surface area contributed by atoms with Crippen LogP contribution in [0, 0.1) is 24.7 Å². The summed E-state index contributed by atoms with van der Waals surface area (Å²) in [4.78, 5) is 52.8. The van der Waals surface area contributed by atoms with Crippen molar-refractivity contribution in [1.29, 1.82) is 0 Å². The van der Waals surface area contributed by atoms with Gasteiger partial charge in [-0.2, -0.15) is 0 Å². The van der Waals surface area contributed by atoms with E-state index in [1.54, 1.807) is 24.3 Å². The predicted octanol–water partition coefficient (Wildman–Crippen LogP) is 22.6. The van der Waals surface area contributed by atoms with Crippen molar-refractivity contribution in [2.24, 2.45) is 17.8 Å². The van der Waals surface area contributed by atoms with Crippen molar-refractivity contribution in [3.8, 4) is 90.7 Å². The van der Waals surface area contributed by atoms with E-state index >= 15 is 0 Å². The molecule has 0 aliphatic carbocycles. The molecule has 14 aromatic rings. The zero-order chi connectivity index (χ0) is 91.1. The number of benzene rings is 11. The largest absolute Gasteiger partial charge is 0.488 e. The number of ether oxygens (including phenoxy) is 7. The zero-order valence-corrected chi connectivity index (χ0v) is 75.7. The summed E-state index contributed by atoms with van der Waals surface area (Å²) in [5, 5.41) is 21.2. The van der Waals surface area contributed by atoms with Crippen molar-refractivity contribution >= 4 is 24.0 Å². The van der Waals surface area contributed by atoms with E-state index in [4.69, 9.17) is 46.7 Å². The number of carbonyl (C=O) groups excluding carboxylic acids is 4. The van der Waals surface area contributed by atoms with Gasteiger partial charge in [0.2, 0.25) is 0 Å². The fraction of sp³-hybridized carbons (Fsp3) is 0.275. The highest BCUT2D eigenvalue weighted by molar-refractivity contribution is 6.04. The minimum Gasteiger partial charge on any atom is -0.488 e. The fourth-order valence-corrected chi connectivity index (χ4v) is 15.2. The van der Waals surface area contributed by atoms with Gasteiger partial charge in [0.15, 0.2) is 34.4 Å². The van der Waals surface area contributed by atoms with E-state index in [-0.39, 0.29) is 34.8 Å². The number of amides is 3. The Hall–Kier alpha value is -14.2. The van der Waals surface area contributed by atoms with Gasteiger partial charge in [-0.3, -0.25) is 24.1 Å². The molecule has 3 aromatic heterocycles. The van der Waals surface area contributed by atoms with E-state index in [0.29, 0.717) is 151 Å². The molecule has 3 N–H and O–H groups in total. The summed E-state index contributed by atoms with van der Waals surface area (Å²) in [6, 6.07) is 87.5. The SMILES string of the molecule is CCNC(=O)c1noc(-c2cc(CC(C)C)c(OCc3ccccc3)cc2OCc2ccccc2)c1-c1ccc(C=O)cc1.CCNC(=O)c1noc(-c2cc(CC(C)C)c(OCc3ccccc3)cc2OCc2ccccc2)c1-c1ccc(CN2CCOCC2)cc1.CCNC(=O)c1noc(-c2cc(CC(C)C)c(OCc3ccccc3)cc2OCc2ccccc2)c1C. The minimum atomic E-state index is -0.353. The topological polar surface area (TPSA) is 250 Å². The molecule has 15 rings (SSSR count). The molecule has 11 aromatic carbocycles. The van der Waals surface area contributed by atoms with Crippen LogP contribution < -0.4 is 44.4 Å². The van der Waals surface area contributed by atoms with Crippen LogP contribution in [0.5, 0.6) is 34.5 Å². The highest BCUT2D eigenvalue weighted by Crippen LogP contribution is 2.47. The highest BCUT2D eigenvalue weighted by atomic mass is 16.5. The van der Waals surface area contributed by atoms with E-state index < -0.39 is 0 Å². The molecule has 21 nitrogen and oxygen atoms in total. The summed E-state index contributed by atoms with van der Waals surface area (Å²) in [6.07, 6.45) is 3.12. The lowest BCUT2D eigenvalue weighted by molar-refractivity contribution is 0.0342. The van der Waals surface area contributed by atoms with Crippen LogP contribution in [-0.4, -0.2) is 90.3 Å². The van der Waals surface area contributed by atoms with Gasteiger partial charge < -0.3 is 62.7 Å². The van der Waals surface area contributed by atoms with Crippen LogP contribution in [0.1, 0.15) is 165 Å². The molecule has 1 saturated heterocycles.